The van der Waals surface area contributed by atoms with Gasteiger partial charge in [0.25, 0.3) is 5.56 Å². The quantitative estimate of drug-likeness (QED) is 0.557. The van der Waals surface area contributed by atoms with Crippen molar-refractivity contribution in [2.24, 2.45) is 7.05 Å². The molecule has 17 heavy (non-hydrogen) atoms. The van der Waals surface area contributed by atoms with Gasteiger partial charge in [-0.05, 0) is 0 Å². The van der Waals surface area contributed by atoms with E-state index < -0.39 is 11.2 Å². The molecule has 8 heteroatoms. The molecule has 0 saturated carbocycles. The molecule has 2 heterocycles. The molecule has 2 N–H and O–H groups in total. The number of aromatic nitrogens is 4. The fourth-order valence-electron chi connectivity index (χ4n) is 1.40. The summed E-state index contributed by atoms with van der Waals surface area (Å²) in [6, 6.07) is 0. The van der Waals surface area contributed by atoms with Gasteiger partial charge in [0.15, 0.2) is 0 Å². The first kappa shape index (κ1) is 13.5. The van der Waals surface area contributed by atoms with Crippen LogP contribution in [0.5, 0.6) is 0 Å². The van der Waals surface area contributed by atoms with Crippen LogP contribution in [0, 0.1) is 0 Å². The SMILES string of the molecule is C[n+]1ccn(Cc2[nH]c(=O)[nH]c(=O)c2Cl)c1.[Cl-]. The highest BCUT2D eigenvalue weighted by Crippen LogP contribution is 2.06. The van der Waals surface area contributed by atoms with Gasteiger partial charge in [-0.3, -0.25) is 9.78 Å². The molecule has 2 aromatic heterocycles. The molecule has 0 fully saturated rings. The smallest absolute Gasteiger partial charge is 0.326 e. The van der Waals surface area contributed by atoms with Crippen LogP contribution in [0.1, 0.15) is 5.69 Å². The first-order valence-corrected chi connectivity index (χ1v) is 4.96. The lowest BCUT2D eigenvalue weighted by atomic mass is 10.4. The second kappa shape index (κ2) is 5.20. The number of rotatable bonds is 2. The first-order chi connectivity index (χ1) is 7.56. The largest absolute Gasteiger partial charge is 1.00 e. The summed E-state index contributed by atoms with van der Waals surface area (Å²) in [5, 5.41) is 0.0101. The van der Waals surface area contributed by atoms with Gasteiger partial charge in [0.1, 0.15) is 24.0 Å². The Bertz CT molecular complexity index is 628. The van der Waals surface area contributed by atoms with Crippen LogP contribution in [0.2, 0.25) is 5.02 Å². The molecule has 6 nitrogen and oxygen atoms in total. The lowest BCUT2D eigenvalue weighted by Gasteiger charge is -1.99. The molecule has 0 bridgehead atoms. The van der Waals surface area contributed by atoms with Gasteiger partial charge < -0.3 is 17.4 Å². The monoisotopic (exact) mass is 276 g/mol. The third kappa shape index (κ3) is 2.98. The van der Waals surface area contributed by atoms with Gasteiger partial charge in [-0.1, -0.05) is 11.6 Å². The van der Waals surface area contributed by atoms with Crippen molar-refractivity contribution in [3.05, 3.63) is 50.3 Å². The summed E-state index contributed by atoms with van der Waals surface area (Å²) in [6.07, 6.45) is 5.48. The highest BCUT2D eigenvalue weighted by molar-refractivity contribution is 6.30. The first-order valence-electron chi connectivity index (χ1n) is 4.58. The molecule has 0 aliphatic rings. The zero-order valence-electron chi connectivity index (χ0n) is 8.91. The van der Waals surface area contributed by atoms with Crippen LogP contribution >= 0.6 is 11.6 Å². The maximum absolute atomic E-state index is 11.2. The summed E-state index contributed by atoms with van der Waals surface area (Å²) in [5.41, 5.74) is -0.732. The Balaban J connectivity index is 0.00000144. The van der Waals surface area contributed by atoms with E-state index in [0.29, 0.717) is 12.2 Å². The molecule has 92 valence electrons. The van der Waals surface area contributed by atoms with Crippen molar-refractivity contribution in [3.8, 4) is 0 Å². The molecule has 2 aromatic rings. The number of aromatic amines is 2. The Hall–Kier alpha value is -1.53. The molecular weight excluding hydrogens is 267 g/mol. The molecule has 2 rings (SSSR count). The fraction of sp³-hybridized carbons (Fsp3) is 0.222. The topological polar surface area (TPSA) is 74.5 Å². The Kier molecular flexibility index (Phi) is 4.14. The highest BCUT2D eigenvalue weighted by Gasteiger charge is 2.10. The zero-order chi connectivity index (χ0) is 11.7. The van der Waals surface area contributed by atoms with Gasteiger partial charge >= 0.3 is 5.69 Å². The summed E-state index contributed by atoms with van der Waals surface area (Å²) in [4.78, 5) is 26.9. The van der Waals surface area contributed by atoms with E-state index in [9.17, 15) is 9.59 Å². The standard InChI is InChI=1S/C9H9ClN4O2.ClH/c1-13-2-3-14(5-13)4-6-7(10)8(15)12-9(16)11-6;/h2-3,5H,4H2,1H3,(H-,11,12,15,16);1H. The van der Waals surface area contributed by atoms with E-state index in [0.717, 1.165) is 0 Å². The lowest BCUT2D eigenvalue weighted by Crippen LogP contribution is -3.00. The summed E-state index contributed by atoms with van der Waals surface area (Å²) in [5.74, 6) is 0. The normalized spacial score (nSPS) is 10.0. The molecule has 0 spiro atoms. The van der Waals surface area contributed by atoms with E-state index in [2.05, 4.69) is 9.97 Å². The maximum atomic E-state index is 11.2. The van der Waals surface area contributed by atoms with E-state index in [1.54, 1.807) is 4.57 Å². The molecule has 0 atom stereocenters. The van der Waals surface area contributed by atoms with Crippen molar-refractivity contribution in [2.45, 2.75) is 6.54 Å². The van der Waals surface area contributed by atoms with Crippen LogP contribution in [0.4, 0.5) is 0 Å². The third-order valence-electron chi connectivity index (χ3n) is 2.12. The minimum absolute atomic E-state index is 0. The van der Waals surface area contributed by atoms with E-state index in [-0.39, 0.29) is 17.4 Å². The van der Waals surface area contributed by atoms with Gasteiger partial charge in [0.05, 0.1) is 12.7 Å². The molecule has 0 aliphatic heterocycles. The van der Waals surface area contributed by atoms with Crippen LogP contribution in [0.25, 0.3) is 0 Å². The molecule has 0 unspecified atom stereocenters. The predicted molar refractivity (Wildman–Crippen MR) is 57.4 cm³/mol. The number of H-pyrrole nitrogens is 2. The van der Waals surface area contributed by atoms with Crippen molar-refractivity contribution in [1.82, 2.24) is 14.5 Å². The molecule has 0 amide bonds. The third-order valence-corrected chi connectivity index (χ3v) is 2.52. The number of halogens is 2. The molecule has 0 aromatic carbocycles. The summed E-state index contributed by atoms with van der Waals surface area (Å²) in [6.45, 7) is 0.346. The van der Waals surface area contributed by atoms with Crippen molar-refractivity contribution < 1.29 is 17.0 Å². The second-order valence-electron chi connectivity index (χ2n) is 3.45. The highest BCUT2D eigenvalue weighted by atomic mass is 35.5. The molecular formula is C9H10Cl2N4O2. The van der Waals surface area contributed by atoms with Gasteiger partial charge in [0.2, 0.25) is 6.33 Å². The zero-order valence-corrected chi connectivity index (χ0v) is 10.4. The number of hydrogen-bond acceptors (Lipinski definition) is 2. The number of imidazole rings is 1. The molecule has 0 saturated heterocycles. The van der Waals surface area contributed by atoms with Crippen molar-refractivity contribution in [1.29, 1.82) is 0 Å². The second-order valence-corrected chi connectivity index (χ2v) is 3.83. The number of aryl methyl sites for hydroxylation is 1. The lowest BCUT2D eigenvalue weighted by molar-refractivity contribution is -0.671. The van der Waals surface area contributed by atoms with Crippen molar-refractivity contribution in [3.63, 3.8) is 0 Å². The fourth-order valence-corrected chi connectivity index (χ4v) is 1.56. The maximum Gasteiger partial charge on any atom is 0.326 e. The van der Waals surface area contributed by atoms with Crippen LogP contribution in [-0.2, 0) is 13.6 Å². The van der Waals surface area contributed by atoms with Gasteiger partial charge in [-0.2, -0.15) is 0 Å². The van der Waals surface area contributed by atoms with E-state index in [1.165, 1.54) is 0 Å². The number of nitrogens with zero attached hydrogens (tertiary/aromatic N) is 2. The van der Waals surface area contributed by atoms with Gasteiger partial charge in [-0.25, -0.2) is 13.9 Å². The van der Waals surface area contributed by atoms with Crippen LogP contribution in [0.15, 0.2) is 28.3 Å². The van der Waals surface area contributed by atoms with E-state index >= 15 is 0 Å². The average Bonchev–Trinajstić information content (AvgIpc) is 2.60. The van der Waals surface area contributed by atoms with Crippen LogP contribution < -0.4 is 28.2 Å². The van der Waals surface area contributed by atoms with Gasteiger partial charge in [0, 0.05) is 0 Å². The minimum atomic E-state index is -0.572. The Morgan fingerprint density at radius 1 is 1.41 bits per heavy atom. The summed E-state index contributed by atoms with van der Waals surface area (Å²) >= 11 is 5.79. The van der Waals surface area contributed by atoms with Crippen LogP contribution in [0.3, 0.4) is 0 Å². The Morgan fingerprint density at radius 3 is 2.71 bits per heavy atom. The minimum Gasteiger partial charge on any atom is -1.00 e. The Morgan fingerprint density at radius 2 is 2.12 bits per heavy atom. The van der Waals surface area contributed by atoms with Gasteiger partial charge in [-0.15, -0.1) is 0 Å². The summed E-state index contributed by atoms with van der Waals surface area (Å²) in [7, 11) is 1.87. The number of hydrogen-bond donors (Lipinski definition) is 2. The van der Waals surface area contributed by atoms with Crippen molar-refractivity contribution >= 4 is 11.6 Å². The average molecular weight is 277 g/mol. The summed E-state index contributed by atoms with van der Waals surface area (Å²) < 4.78 is 3.65. The molecule has 0 radical (unpaired) electrons. The van der Waals surface area contributed by atoms with Crippen molar-refractivity contribution in [2.75, 3.05) is 0 Å². The van der Waals surface area contributed by atoms with E-state index in [1.807, 2.05) is 30.3 Å². The van der Waals surface area contributed by atoms with E-state index in [4.69, 9.17) is 11.6 Å². The number of nitrogens with one attached hydrogen (secondary N) is 2. The van der Waals surface area contributed by atoms with Crippen LogP contribution in [-0.4, -0.2) is 14.5 Å². The molecule has 0 aliphatic carbocycles. The predicted octanol–water partition coefficient (Wildman–Crippen LogP) is -3.61. The Labute approximate surface area is 107 Å².